The summed E-state index contributed by atoms with van der Waals surface area (Å²) in [5.74, 6) is -2.03. The Kier molecular flexibility index (Phi) is 4.70. The highest BCUT2D eigenvalue weighted by Crippen LogP contribution is 2.40. The molecule has 6 nitrogen and oxygen atoms in total. The zero-order valence-corrected chi connectivity index (χ0v) is 14.7. The molecule has 26 heavy (non-hydrogen) atoms. The van der Waals surface area contributed by atoms with Crippen molar-refractivity contribution in [3.63, 3.8) is 0 Å². The molecule has 0 saturated carbocycles. The van der Waals surface area contributed by atoms with Gasteiger partial charge in [-0.25, -0.2) is 4.79 Å². The number of carbonyl (C=O) groups is 3. The number of fused-ring (bicyclic) bond motifs is 1. The fourth-order valence-electron chi connectivity index (χ4n) is 3.11. The van der Waals surface area contributed by atoms with Crippen LogP contribution in [0.3, 0.4) is 0 Å². The van der Waals surface area contributed by atoms with E-state index in [2.05, 4.69) is 10.6 Å². The molecule has 0 radical (unpaired) electrons. The van der Waals surface area contributed by atoms with E-state index in [4.69, 9.17) is 11.6 Å². The molecule has 0 bridgehead atoms. The lowest BCUT2D eigenvalue weighted by Gasteiger charge is -2.26. The van der Waals surface area contributed by atoms with Crippen molar-refractivity contribution in [1.82, 2.24) is 5.32 Å². The van der Waals surface area contributed by atoms with Crippen LogP contribution in [0.25, 0.3) is 0 Å². The van der Waals surface area contributed by atoms with Gasteiger partial charge >= 0.3 is 5.97 Å². The summed E-state index contributed by atoms with van der Waals surface area (Å²) in [6.07, 6.45) is -0.0650. The van der Waals surface area contributed by atoms with Gasteiger partial charge in [-0.2, -0.15) is 0 Å². The van der Waals surface area contributed by atoms with E-state index in [1.807, 2.05) is 0 Å². The molecule has 0 saturated heterocycles. The first kappa shape index (κ1) is 17.9. The molecule has 2 amide bonds. The molecule has 2 atom stereocenters. The normalized spacial score (nSPS) is 19.4. The van der Waals surface area contributed by atoms with E-state index >= 15 is 0 Å². The number of carboxylic acid groups (broad SMARTS) is 1. The van der Waals surface area contributed by atoms with Gasteiger partial charge in [-0.3, -0.25) is 9.59 Å². The van der Waals surface area contributed by atoms with Crippen molar-refractivity contribution in [3.05, 3.63) is 64.7 Å². The van der Waals surface area contributed by atoms with Gasteiger partial charge in [0.2, 0.25) is 5.91 Å². The Balaban J connectivity index is 1.83. The maximum atomic E-state index is 12.5. The van der Waals surface area contributed by atoms with Crippen molar-refractivity contribution in [2.45, 2.75) is 24.8 Å². The van der Waals surface area contributed by atoms with Crippen LogP contribution in [0.1, 0.15) is 29.3 Å². The summed E-state index contributed by atoms with van der Waals surface area (Å²) in [4.78, 5) is 36.5. The van der Waals surface area contributed by atoms with Gasteiger partial charge in [0.05, 0.1) is 5.41 Å². The molecule has 2 unspecified atom stereocenters. The van der Waals surface area contributed by atoms with E-state index < -0.39 is 23.3 Å². The van der Waals surface area contributed by atoms with Crippen molar-refractivity contribution in [2.24, 2.45) is 0 Å². The Hall–Kier alpha value is -2.86. The van der Waals surface area contributed by atoms with Crippen molar-refractivity contribution >= 4 is 35.1 Å². The Bertz CT molecular complexity index is 881. The average molecular weight is 373 g/mol. The van der Waals surface area contributed by atoms with E-state index in [-0.39, 0.29) is 12.3 Å². The molecular weight excluding hydrogens is 356 g/mol. The molecule has 3 N–H and O–H groups in total. The van der Waals surface area contributed by atoms with Gasteiger partial charge in [0.15, 0.2) is 0 Å². The van der Waals surface area contributed by atoms with E-state index in [9.17, 15) is 19.5 Å². The summed E-state index contributed by atoms with van der Waals surface area (Å²) in [6.45, 7) is 1.68. The summed E-state index contributed by atoms with van der Waals surface area (Å²) in [7, 11) is 0. The minimum Gasteiger partial charge on any atom is -0.480 e. The second kappa shape index (κ2) is 6.80. The highest BCUT2D eigenvalue weighted by molar-refractivity contribution is 6.30. The van der Waals surface area contributed by atoms with Crippen molar-refractivity contribution in [2.75, 3.05) is 5.32 Å². The number of halogens is 1. The van der Waals surface area contributed by atoms with Gasteiger partial charge in [0.25, 0.3) is 5.91 Å². The van der Waals surface area contributed by atoms with Gasteiger partial charge in [0.1, 0.15) is 6.04 Å². The first-order valence-corrected chi connectivity index (χ1v) is 8.39. The highest BCUT2D eigenvalue weighted by atomic mass is 35.5. The van der Waals surface area contributed by atoms with Crippen LogP contribution in [-0.4, -0.2) is 28.9 Å². The summed E-state index contributed by atoms with van der Waals surface area (Å²) < 4.78 is 0. The molecule has 7 heteroatoms. The predicted octanol–water partition coefficient (Wildman–Crippen LogP) is 2.82. The van der Waals surface area contributed by atoms with E-state index in [0.717, 1.165) is 5.56 Å². The van der Waals surface area contributed by atoms with Crippen LogP contribution in [0.5, 0.6) is 0 Å². The molecule has 134 valence electrons. The second-order valence-electron chi connectivity index (χ2n) is 6.41. The number of para-hydroxylation sites is 1. The number of carboxylic acids is 1. The fourth-order valence-corrected chi connectivity index (χ4v) is 3.24. The number of nitrogens with one attached hydrogen (secondary N) is 2. The summed E-state index contributed by atoms with van der Waals surface area (Å²) in [5.41, 5.74) is 0.625. The number of carbonyl (C=O) groups excluding carboxylic acids is 2. The number of amides is 2. The van der Waals surface area contributed by atoms with Crippen LogP contribution in [0.15, 0.2) is 48.5 Å². The van der Waals surface area contributed by atoms with Crippen LogP contribution < -0.4 is 10.6 Å². The Labute approximate surface area is 155 Å². The fraction of sp³-hybridized carbons (Fsp3) is 0.211. The zero-order valence-electron chi connectivity index (χ0n) is 14.0. The minimum absolute atomic E-state index is 0.0650. The molecule has 1 aliphatic rings. The van der Waals surface area contributed by atoms with E-state index in [1.165, 1.54) is 12.1 Å². The summed E-state index contributed by atoms with van der Waals surface area (Å²) in [6, 6.07) is 12.0. The van der Waals surface area contributed by atoms with Gasteiger partial charge in [0, 0.05) is 16.3 Å². The minimum atomic E-state index is -1.22. The molecule has 1 aliphatic heterocycles. The van der Waals surface area contributed by atoms with Crippen LogP contribution >= 0.6 is 11.6 Å². The molecule has 1 heterocycles. The van der Waals surface area contributed by atoms with Gasteiger partial charge in [-0.1, -0.05) is 29.8 Å². The summed E-state index contributed by atoms with van der Waals surface area (Å²) in [5, 5.41) is 15.3. The van der Waals surface area contributed by atoms with Gasteiger partial charge in [-0.05, 0) is 49.2 Å². The monoisotopic (exact) mass is 372 g/mol. The smallest absolute Gasteiger partial charge is 0.326 e. The molecule has 3 rings (SSSR count). The van der Waals surface area contributed by atoms with Crippen LogP contribution in [-0.2, 0) is 15.0 Å². The third kappa shape index (κ3) is 3.28. The Morgan fingerprint density at radius 3 is 2.50 bits per heavy atom. The average Bonchev–Trinajstić information content (AvgIpc) is 2.86. The highest BCUT2D eigenvalue weighted by Gasteiger charge is 2.45. The number of hydrogen-bond donors (Lipinski definition) is 3. The van der Waals surface area contributed by atoms with Crippen molar-refractivity contribution in [3.8, 4) is 0 Å². The lowest BCUT2D eigenvalue weighted by atomic mass is 9.78. The molecule has 0 spiro atoms. The Morgan fingerprint density at radius 2 is 1.85 bits per heavy atom. The predicted molar refractivity (Wildman–Crippen MR) is 97.4 cm³/mol. The Morgan fingerprint density at radius 1 is 1.19 bits per heavy atom. The van der Waals surface area contributed by atoms with E-state index in [0.29, 0.717) is 16.3 Å². The number of hydrogen-bond acceptors (Lipinski definition) is 3. The molecule has 0 aromatic heterocycles. The number of aliphatic carboxylic acids is 1. The molecular formula is C19H17ClN2O4. The van der Waals surface area contributed by atoms with E-state index in [1.54, 1.807) is 43.3 Å². The maximum Gasteiger partial charge on any atom is 0.326 e. The number of rotatable bonds is 5. The third-order valence-corrected chi connectivity index (χ3v) is 4.85. The van der Waals surface area contributed by atoms with Crippen LogP contribution in [0.2, 0.25) is 5.02 Å². The summed E-state index contributed by atoms with van der Waals surface area (Å²) >= 11 is 5.80. The lowest BCUT2D eigenvalue weighted by Crippen LogP contribution is -2.47. The molecule has 0 fully saturated rings. The standard InChI is InChI=1S/C19H17ClN2O4/c1-19(13-4-2-3-5-14(13)22-18(19)26)10-15(17(24)25)21-16(23)11-6-8-12(20)9-7-11/h2-9,15H,10H2,1H3,(H,21,23)(H,22,26)(H,24,25). The third-order valence-electron chi connectivity index (χ3n) is 4.59. The van der Waals surface area contributed by atoms with Crippen molar-refractivity contribution < 1.29 is 19.5 Å². The number of benzene rings is 2. The van der Waals surface area contributed by atoms with Crippen LogP contribution in [0.4, 0.5) is 5.69 Å². The van der Waals surface area contributed by atoms with Gasteiger partial charge in [-0.15, -0.1) is 0 Å². The quantitative estimate of drug-likeness (QED) is 0.752. The first-order valence-electron chi connectivity index (χ1n) is 8.01. The number of anilines is 1. The second-order valence-corrected chi connectivity index (χ2v) is 6.84. The maximum absolute atomic E-state index is 12.5. The SMILES string of the molecule is CC1(CC(NC(=O)c2ccc(Cl)cc2)C(=O)O)C(=O)Nc2ccccc21. The first-order chi connectivity index (χ1) is 12.3. The lowest BCUT2D eigenvalue weighted by molar-refractivity contribution is -0.140. The largest absolute Gasteiger partial charge is 0.480 e. The topological polar surface area (TPSA) is 95.5 Å². The molecule has 2 aromatic carbocycles. The van der Waals surface area contributed by atoms with Gasteiger partial charge < -0.3 is 15.7 Å². The molecule has 0 aliphatic carbocycles. The van der Waals surface area contributed by atoms with Crippen LogP contribution in [0, 0.1) is 0 Å². The van der Waals surface area contributed by atoms with Crippen molar-refractivity contribution in [1.29, 1.82) is 0 Å². The zero-order chi connectivity index (χ0) is 18.9. The molecule has 2 aromatic rings.